The van der Waals surface area contributed by atoms with E-state index in [-0.39, 0.29) is 5.56 Å². The average Bonchev–Trinajstić information content (AvgIpc) is 2.30. The summed E-state index contributed by atoms with van der Waals surface area (Å²) in [5.41, 5.74) is 7.11. The Morgan fingerprint density at radius 2 is 1.75 bits per heavy atom. The molecule has 0 aliphatic carbocycles. The van der Waals surface area contributed by atoms with Crippen molar-refractivity contribution in [2.75, 3.05) is 0 Å². The third kappa shape index (κ3) is 2.24. The van der Waals surface area contributed by atoms with E-state index in [2.05, 4.69) is 10.2 Å². The number of rotatable bonds is 2. The summed E-state index contributed by atoms with van der Waals surface area (Å²) < 4.78 is 24.6. The van der Waals surface area contributed by atoms with Crippen molar-refractivity contribution in [1.29, 1.82) is 0 Å². The van der Waals surface area contributed by atoms with Crippen LogP contribution in [0.4, 0.5) is 8.78 Å². The Morgan fingerprint density at radius 3 is 2.25 bits per heavy atom. The Bertz CT molecular complexity index is 435. The zero-order chi connectivity index (χ0) is 11.5. The molecule has 0 bridgehead atoms. The maximum absolute atomic E-state index is 12.3. The van der Waals surface area contributed by atoms with E-state index in [1.165, 1.54) is 12.1 Å². The molecule has 0 radical (unpaired) electrons. The van der Waals surface area contributed by atoms with Crippen LogP contribution in [0.15, 0.2) is 34.5 Å². The van der Waals surface area contributed by atoms with Gasteiger partial charge in [-0.15, -0.1) is 5.10 Å². The Morgan fingerprint density at radius 1 is 1.06 bits per heavy atom. The summed E-state index contributed by atoms with van der Waals surface area (Å²) in [7, 11) is 0. The first-order valence-corrected chi connectivity index (χ1v) is 4.94. The van der Waals surface area contributed by atoms with Crippen molar-refractivity contribution in [2.45, 2.75) is 19.3 Å². The fraction of sp³-hybridized carbons (Fsp3) is 0.273. The van der Waals surface area contributed by atoms with Gasteiger partial charge in [0, 0.05) is 12.0 Å². The zero-order valence-corrected chi connectivity index (χ0v) is 8.53. The summed E-state index contributed by atoms with van der Waals surface area (Å²) in [5, 5.41) is 7.73. The van der Waals surface area contributed by atoms with Gasteiger partial charge in [0.15, 0.2) is 0 Å². The molecule has 84 valence electrons. The number of hydrogen-bond donors (Lipinski definition) is 1. The van der Waals surface area contributed by atoms with E-state index >= 15 is 0 Å². The molecule has 0 amide bonds. The molecule has 16 heavy (non-hydrogen) atoms. The van der Waals surface area contributed by atoms with Crippen molar-refractivity contribution >= 4 is 11.5 Å². The van der Waals surface area contributed by atoms with E-state index in [0.717, 1.165) is 11.3 Å². The third-order valence-electron chi connectivity index (χ3n) is 2.41. The van der Waals surface area contributed by atoms with Gasteiger partial charge < -0.3 is 5.73 Å². The molecule has 1 aromatic carbocycles. The van der Waals surface area contributed by atoms with Crippen LogP contribution >= 0.6 is 0 Å². The van der Waals surface area contributed by atoms with Gasteiger partial charge in [0.1, 0.15) is 5.84 Å². The molecule has 0 atom stereocenters. The van der Waals surface area contributed by atoms with Crippen LogP contribution in [0.1, 0.15) is 30.4 Å². The van der Waals surface area contributed by atoms with Crippen LogP contribution in [0.2, 0.25) is 0 Å². The lowest BCUT2D eigenvalue weighted by molar-refractivity contribution is 0.151. The van der Waals surface area contributed by atoms with Gasteiger partial charge in [0.25, 0.3) is 6.43 Å². The Balaban J connectivity index is 2.22. The van der Waals surface area contributed by atoms with Gasteiger partial charge in [-0.1, -0.05) is 24.3 Å². The maximum atomic E-state index is 12.3. The number of hydrogen-bond acceptors (Lipinski definition) is 3. The minimum atomic E-state index is -2.43. The second kappa shape index (κ2) is 4.38. The van der Waals surface area contributed by atoms with Crippen molar-refractivity contribution < 1.29 is 8.78 Å². The minimum Gasteiger partial charge on any atom is -0.386 e. The maximum Gasteiger partial charge on any atom is 0.263 e. The summed E-state index contributed by atoms with van der Waals surface area (Å²) in [6.45, 7) is 0. The van der Waals surface area contributed by atoms with Crippen LogP contribution in [0.3, 0.4) is 0 Å². The molecule has 0 unspecified atom stereocenters. The molecular formula is C11H11F2N3. The number of amidine groups is 1. The van der Waals surface area contributed by atoms with Crippen LogP contribution in [-0.4, -0.2) is 11.5 Å². The highest BCUT2D eigenvalue weighted by Gasteiger charge is 2.11. The fourth-order valence-electron chi connectivity index (χ4n) is 1.49. The monoisotopic (exact) mass is 223 g/mol. The van der Waals surface area contributed by atoms with Crippen molar-refractivity contribution in [3.63, 3.8) is 0 Å². The van der Waals surface area contributed by atoms with Gasteiger partial charge in [0.05, 0.1) is 5.71 Å². The molecule has 0 spiro atoms. The molecule has 5 heteroatoms. The Kier molecular flexibility index (Phi) is 2.94. The van der Waals surface area contributed by atoms with Crippen LogP contribution in [0.25, 0.3) is 0 Å². The predicted octanol–water partition coefficient (Wildman–Crippen LogP) is 2.48. The molecule has 0 fully saturated rings. The lowest BCUT2D eigenvalue weighted by Gasteiger charge is -2.09. The summed E-state index contributed by atoms with van der Waals surface area (Å²) in [5.74, 6) is 0.507. The van der Waals surface area contributed by atoms with E-state index in [1.807, 2.05) is 0 Å². The molecule has 0 aromatic heterocycles. The third-order valence-corrected chi connectivity index (χ3v) is 2.41. The molecule has 1 aromatic rings. The first-order chi connectivity index (χ1) is 7.66. The minimum absolute atomic E-state index is 0.0168. The Hall–Kier alpha value is -1.78. The number of benzene rings is 1. The highest BCUT2D eigenvalue weighted by molar-refractivity contribution is 6.04. The van der Waals surface area contributed by atoms with Crippen molar-refractivity contribution in [2.24, 2.45) is 15.9 Å². The standard InChI is InChI=1S/C11H11F2N3/c12-11(13)8-3-1-7(2-4-8)9-5-6-10(14)16-15-9/h1-4,11H,5-6H2,(H2,14,16). The first-order valence-electron chi connectivity index (χ1n) is 4.94. The predicted molar refractivity (Wildman–Crippen MR) is 58.8 cm³/mol. The number of nitrogens with zero attached hydrogens (tertiary/aromatic N) is 2. The molecule has 1 aliphatic rings. The van der Waals surface area contributed by atoms with Gasteiger partial charge >= 0.3 is 0 Å². The van der Waals surface area contributed by atoms with Gasteiger partial charge in [-0.3, -0.25) is 0 Å². The van der Waals surface area contributed by atoms with Gasteiger partial charge in [-0.25, -0.2) is 8.78 Å². The highest BCUT2D eigenvalue weighted by Crippen LogP contribution is 2.20. The van der Waals surface area contributed by atoms with Gasteiger partial charge in [-0.2, -0.15) is 5.10 Å². The molecule has 1 aliphatic heterocycles. The molecule has 0 saturated heterocycles. The quantitative estimate of drug-likeness (QED) is 0.822. The summed E-state index contributed by atoms with van der Waals surface area (Å²) >= 11 is 0. The molecule has 0 saturated carbocycles. The van der Waals surface area contributed by atoms with E-state index in [1.54, 1.807) is 12.1 Å². The largest absolute Gasteiger partial charge is 0.386 e. The van der Waals surface area contributed by atoms with Gasteiger partial charge in [0.2, 0.25) is 0 Å². The van der Waals surface area contributed by atoms with Crippen LogP contribution in [0, 0.1) is 0 Å². The van der Waals surface area contributed by atoms with Crippen LogP contribution in [0.5, 0.6) is 0 Å². The second-order valence-corrected chi connectivity index (χ2v) is 3.56. The van der Waals surface area contributed by atoms with Crippen LogP contribution in [-0.2, 0) is 0 Å². The highest BCUT2D eigenvalue weighted by atomic mass is 19.3. The van der Waals surface area contributed by atoms with E-state index < -0.39 is 6.43 Å². The zero-order valence-electron chi connectivity index (χ0n) is 8.53. The lowest BCUT2D eigenvalue weighted by Crippen LogP contribution is -2.17. The average molecular weight is 223 g/mol. The van der Waals surface area contributed by atoms with E-state index in [4.69, 9.17) is 5.73 Å². The van der Waals surface area contributed by atoms with Crippen molar-refractivity contribution in [1.82, 2.24) is 0 Å². The van der Waals surface area contributed by atoms with Gasteiger partial charge in [-0.05, 0) is 12.0 Å². The number of alkyl halides is 2. The summed E-state index contributed by atoms with van der Waals surface area (Å²) in [4.78, 5) is 0. The first kappa shape index (κ1) is 10.7. The SMILES string of the molecule is NC1=NN=C(c2ccc(C(F)F)cc2)CC1. The summed E-state index contributed by atoms with van der Waals surface area (Å²) in [6, 6.07) is 6.09. The second-order valence-electron chi connectivity index (χ2n) is 3.56. The smallest absolute Gasteiger partial charge is 0.263 e. The van der Waals surface area contributed by atoms with E-state index in [0.29, 0.717) is 18.7 Å². The summed E-state index contributed by atoms with van der Waals surface area (Å²) in [6.07, 6.45) is -1.07. The molecular weight excluding hydrogens is 212 g/mol. The van der Waals surface area contributed by atoms with Crippen molar-refractivity contribution in [3.05, 3.63) is 35.4 Å². The number of nitrogens with two attached hydrogens (primary N) is 1. The molecule has 3 nitrogen and oxygen atoms in total. The van der Waals surface area contributed by atoms with E-state index in [9.17, 15) is 8.78 Å². The fourth-order valence-corrected chi connectivity index (χ4v) is 1.49. The molecule has 2 rings (SSSR count). The molecule has 2 N–H and O–H groups in total. The van der Waals surface area contributed by atoms with Crippen LogP contribution < -0.4 is 5.73 Å². The normalized spacial score (nSPS) is 15.9. The number of halogens is 2. The van der Waals surface area contributed by atoms with Crippen molar-refractivity contribution in [3.8, 4) is 0 Å². The Labute approximate surface area is 91.7 Å². The lowest BCUT2D eigenvalue weighted by atomic mass is 10.0. The molecule has 1 heterocycles. The topological polar surface area (TPSA) is 50.7 Å².